The summed E-state index contributed by atoms with van der Waals surface area (Å²) in [6, 6.07) is 18.6. The molecule has 0 amide bonds. The first-order valence-electron chi connectivity index (χ1n) is 9.46. The van der Waals surface area contributed by atoms with E-state index in [4.69, 9.17) is 0 Å². The molecule has 5 heteroatoms. The maximum atomic E-state index is 13.3. The van der Waals surface area contributed by atoms with Crippen molar-refractivity contribution in [2.45, 2.75) is 25.8 Å². The molecule has 146 valence electrons. The molecule has 3 nitrogen and oxygen atoms in total. The minimum absolute atomic E-state index is 0. The first kappa shape index (κ1) is 20.9. The van der Waals surface area contributed by atoms with Gasteiger partial charge in [0.05, 0.1) is 0 Å². The number of aromatic amines is 1. The maximum Gasteiger partial charge on any atom is -0.147 e. The maximum absolute atomic E-state index is 13.3. The van der Waals surface area contributed by atoms with Crippen molar-refractivity contribution in [3.05, 3.63) is 77.5 Å². The summed E-state index contributed by atoms with van der Waals surface area (Å²) in [5.41, 5.74) is 4.41. The number of benzene rings is 2. The van der Waals surface area contributed by atoms with Crippen molar-refractivity contribution in [3.8, 4) is 0 Å². The van der Waals surface area contributed by atoms with E-state index in [0.29, 0.717) is 0 Å². The zero-order valence-corrected chi connectivity index (χ0v) is 18.7. The minimum atomic E-state index is -0.236. The fraction of sp³-hybridized carbons (Fsp3) is 0.261. The van der Waals surface area contributed by atoms with Crippen LogP contribution >= 0.6 is 12.4 Å². The molecule has 2 heterocycles. The monoisotopic (exact) mass is 460 g/mol. The average Bonchev–Trinajstić information content (AvgIpc) is 3.08. The van der Waals surface area contributed by atoms with E-state index in [1.54, 1.807) is 0 Å². The summed E-state index contributed by atoms with van der Waals surface area (Å²) in [7, 11) is 2.17. The molecular weight excluding hydrogens is 435 g/mol. The molecule has 1 aliphatic rings. The van der Waals surface area contributed by atoms with Gasteiger partial charge in [-0.3, -0.25) is 0 Å². The molecule has 28 heavy (non-hydrogen) atoms. The third kappa shape index (κ3) is 3.97. The van der Waals surface area contributed by atoms with Gasteiger partial charge in [-0.2, -0.15) is 0 Å². The van der Waals surface area contributed by atoms with E-state index in [2.05, 4.69) is 48.1 Å². The molecule has 0 bridgehead atoms. The third-order valence-electron chi connectivity index (χ3n) is 5.27. The molecule has 1 aromatic heterocycles. The van der Waals surface area contributed by atoms with Gasteiger partial charge in [0.1, 0.15) is 0 Å². The summed E-state index contributed by atoms with van der Waals surface area (Å²) >= 11 is -0.236. The van der Waals surface area contributed by atoms with Crippen molar-refractivity contribution in [1.29, 1.82) is 0 Å². The number of nitrogens with one attached hydrogen (secondary N) is 1. The predicted octanol–water partition coefficient (Wildman–Crippen LogP) is 4.47. The average molecular weight is 460 g/mol. The van der Waals surface area contributed by atoms with Gasteiger partial charge in [0.2, 0.25) is 0 Å². The number of fused-ring (bicyclic) bond motifs is 1. The van der Waals surface area contributed by atoms with Crippen LogP contribution in [0.4, 0.5) is 0 Å². The van der Waals surface area contributed by atoms with Gasteiger partial charge in [-0.1, -0.05) is 0 Å². The summed E-state index contributed by atoms with van der Waals surface area (Å²) in [5, 5.41) is 1.17. The van der Waals surface area contributed by atoms with E-state index < -0.39 is 0 Å². The van der Waals surface area contributed by atoms with Crippen LogP contribution in [0.2, 0.25) is 0 Å². The second kappa shape index (κ2) is 9.11. The molecule has 0 saturated carbocycles. The number of H-pyrrole nitrogens is 1. The van der Waals surface area contributed by atoms with Crippen LogP contribution in [0, 0.1) is 0 Å². The Morgan fingerprint density at radius 1 is 1.14 bits per heavy atom. The number of halogens is 1. The van der Waals surface area contributed by atoms with Crippen molar-refractivity contribution in [1.82, 2.24) is 9.88 Å². The molecule has 4 rings (SSSR count). The Morgan fingerprint density at radius 2 is 1.86 bits per heavy atom. The summed E-state index contributed by atoms with van der Waals surface area (Å²) < 4.78 is 1.33. The summed E-state index contributed by atoms with van der Waals surface area (Å²) in [4.78, 5) is 19.2. The summed E-state index contributed by atoms with van der Waals surface area (Å²) in [5.74, 6) is 0. The second-order valence-corrected chi connectivity index (χ2v) is 9.16. The fourth-order valence-corrected chi connectivity index (χ4v) is 5.59. The van der Waals surface area contributed by atoms with Gasteiger partial charge in [0.25, 0.3) is 0 Å². The van der Waals surface area contributed by atoms with Crippen molar-refractivity contribution >= 4 is 47.4 Å². The van der Waals surface area contributed by atoms with Crippen LogP contribution in [0.5, 0.6) is 0 Å². The van der Waals surface area contributed by atoms with E-state index in [-0.39, 0.29) is 38.1 Å². The number of rotatable bonds is 5. The van der Waals surface area contributed by atoms with Gasteiger partial charge in [-0.05, 0) is 0 Å². The standard InChI is InChI=1S/C23H24N2OSe.ClH/c1-3-16-10-9-15-25(2)22(16)20-18-13-7-8-14-19(18)24-21(20)23(26)27-17-11-5-4-6-12-17;/h4-8,10-14,22,24H,3,9,15H2,1-2H3;1H. The van der Waals surface area contributed by atoms with Crippen LogP contribution in [0.1, 0.15) is 41.9 Å². The molecule has 0 aliphatic carbocycles. The topological polar surface area (TPSA) is 36.1 Å². The first-order chi connectivity index (χ1) is 13.2. The number of hydrogen-bond acceptors (Lipinski definition) is 2. The zero-order valence-electron chi connectivity index (χ0n) is 16.1. The van der Waals surface area contributed by atoms with Gasteiger partial charge in [0, 0.05) is 0 Å². The molecule has 3 aromatic rings. The quantitative estimate of drug-likeness (QED) is 0.451. The van der Waals surface area contributed by atoms with Crippen LogP contribution in [0.25, 0.3) is 10.9 Å². The zero-order chi connectivity index (χ0) is 18.8. The Labute approximate surface area is 178 Å². The Bertz CT molecular complexity index is 996. The van der Waals surface area contributed by atoms with Crippen LogP contribution in [0.3, 0.4) is 0 Å². The predicted molar refractivity (Wildman–Crippen MR) is 120 cm³/mol. The van der Waals surface area contributed by atoms with Gasteiger partial charge in [0.15, 0.2) is 0 Å². The van der Waals surface area contributed by atoms with E-state index >= 15 is 0 Å². The molecular formula is C23H25ClN2OSe. The number of aromatic nitrogens is 1. The first-order valence-corrected chi connectivity index (χ1v) is 11.2. The summed E-state index contributed by atoms with van der Waals surface area (Å²) in [6.07, 6.45) is 4.45. The molecule has 2 aromatic carbocycles. The Balaban J connectivity index is 0.00000225. The van der Waals surface area contributed by atoms with Crippen molar-refractivity contribution in [3.63, 3.8) is 0 Å². The number of likely N-dealkylation sites (N-methyl/N-ethyl adjacent to an activating group) is 1. The summed E-state index contributed by atoms with van der Waals surface area (Å²) in [6.45, 7) is 3.23. The van der Waals surface area contributed by atoms with Crippen molar-refractivity contribution < 1.29 is 4.79 Å². The van der Waals surface area contributed by atoms with Crippen LogP contribution in [-0.2, 0) is 0 Å². The Morgan fingerprint density at radius 3 is 2.61 bits per heavy atom. The van der Waals surface area contributed by atoms with Gasteiger partial charge in [-0.25, -0.2) is 0 Å². The van der Waals surface area contributed by atoms with E-state index in [9.17, 15) is 4.79 Å². The van der Waals surface area contributed by atoms with Crippen molar-refractivity contribution in [2.24, 2.45) is 0 Å². The number of carbonyl (C=O) groups is 1. The van der Waals surface area contributed by atoms with Gasteiger partial charge >= 0.3 is 167 Å². The molecule has 1 N–H and O–H groups in total. The van der Waals surface area contributed by atoms with E-state index in [1.165, 1.54) is 11.0 Å². The van der Waals surface area contributed by atoms with Gasteiger partial charge in [-0.15, -0.1) is 12.4 Å². The molecule has 1 aliphatic heterocycles. The van der Waals surface area contributed by atoms with Crippen molar-refractivity contribution in [2.75, 3.05) is 13.6 Å². The van der Waals surface area contributed by atoms with E-state index in [1.807, 2.05) is 36.4 Å². The van der Waals surface area contributed by atoms with Crippen LogP contribution < -0.4 is 4.46 Å². The molecule has 0 saturated heterocycles. The largest absolute Gasteiger partial charge is 0.147 e. The Kier molecular flexibility index (Phi) is 6.79. The number of para-hydroxylation sites is 1. The van der Waals surface area contributed by atoms with Crippen LogP contribution in [0.15, 0.2) is 66.2 Å². The molecule has 1 atom stereocenters. The fourth-order valence-electron chi connectivity index (χ4n) is 3.98. The normalized spacial score (nSPS) is 17.2. The SMILES string of the molecule is CCC1=CCCN(C)C1c1c(C(=O)[Se]c2ccccc2)[nH]c2ccccc12.Cl. The molecule has 0 radical (unpaired) electrons. The minimum Gasteiger partial charge on any atom is -0.147 e. The number of carbonyl (C=O) groups excluding carboxylic acids is 1. The molecule has 0 fully saturated rings. The number of nitrogens with zero attached hydrogens (tertiary/aromatic N) is 1. The molecule has 0 spiro atoms. The number of hydrogen-bond donors (Lipinski definition) is 1. The van der Waals surface area contributed by atoms with Gasteiger partial charge < -0.3 is 0 Å². The molecule has 1 unspecified atom stereocenters. The second-order valence-electron chi connectivity index (χ2n) is 6.97. The van der Waals surface area contributed by atoms with E-state index in [0.717, 1.165) is 40.6 Å². The third-order valence-corrected chi connectivity index (χ3v) is 7.15. The smallest absolute Gasteiger partial charge is 0.147 e. The van der Waals surface area contributed by atoms with Crippen LogP contribution in [-0.4, -0.2) is 43.1 Å². The Hall–Kier alpha value is -1.84.